The van der Waals surface area contributed by atoms with Gasteiger partial charge in [-0.2, -0.15) is 0 Å². The molecule has 0 amide bonds. The molecular formula is C16H29N3O. The predicted octanol–water partition coefficient (Wildman–Crippen LogP) is 3.33. The van der Waals surface area contributed by atoms with E-state index in [0.29, 0.717) is 6.04 Å². The molecule has 20 heavy (non-hydrogen) atoms. The van der Waals surface area contributed by atoms with Crippen molar-refractivity contribution in [1.29, 1.82) is 0 Å². The molecule has 0 aliphatic carbocycles. The summed E-state index contributed by atoms with van der Waals surface area (Å²) in [6.45, 7) is 11.6. The van der Waals surface area contributed by atoms with Crippen LogP contribution in [0.1, 0.15) is 64.8 Å². The minimum absolute atomic E-state index is 0.110. The van der Waals surface area contributed by atoms with E-state index in [2.05, 4.69) is 49.1 Å². The molecule has 1 aliphatic rings. The van der Waals surface area contributed by atoms with Crippen LogP contribution < -0.4 is 5.32 Å². The molecule has 0 spiro atoms. The summed E-state index contributed by atoms with van der Waals surface area (Å²) in [7, 11) is 0. The highest BCUT2D eigenvalue weighted by Crippen LogP contribution is 2.22. The van der Waals surface area contributed by atoms with Gasteiger partial charge >= 0.3 is 0 Å². The summed E-state index contributed by atoms with van der Waals surface area (Å²) in [6, 6.07) is 2.81. The summed E-state index contributed by atoms with van der Waals surface area (Å²) in [4.78, 5) is 2.55. The highest BCUT2D eigenvalue weighted by molar-refractivity contribution is 5.06. The fraction of sp³-hybridized carbons (Fsp3) is 0.812. The maximum atomic E-state index is 5.49. The first-order chi connectivity index (χ1) is 9.48. The van der Waals surface area contributed by atoms with Gasteiger partial charge in [0.2, 0.25) is 0 Å². The Morgan fingerprint density at radius 2 is 2.20 bits per heavy atom. The molecular weight excluding hydrogens is 250 g/mol. The molecule has 1 N–H and O–H groups in total. The molecule has 0 bridgehead atoms. The Kier molecular flexibility index (Phi) is 5.22. The summed E-state index contributed by atoms with van der Waals surface area (Å²) in [5.74, 6) is 0.996. The molecule has 1 aliphatic heterocycles. The van der Waals surface area contributed by atoms with Gasteiger partial charge in [-0.05, 0) is 46.6 Å². The minimum Gasteiger partial charge on any atom is -0.360 e. The molecule has 1 aromatic rings. The van der Waals surface area contributed by atoms with Crippen molar-refractivity contribution in [3.8, 4) is 0 Å². The summed E-state index contributed by atoms with van der Waals surface area (Å²) >= 11 is 0. The Morgan fingerprint density at radius 3 is 2.90 bits per heavy atom. The van der Waals surface area contributed by atoms with E-state index in [-0.39, 0.29) is 5.54 Å². The van der Waals surface area contributed by atoms with Gasteiger partial charge in [-0.25, -0.2) is 0 Å². The van der Waals surface area contributed by atoms with Crippen molar-refractivity contribution in [3.63, 3.8) is 0 Å². The smallest absolute Gasteiger partial charge is 0.151 e. The second-order valence-corrected chi connectivity index (χ2v) is 6.92. The fourth-order valence-corrected chi connectivity index (χ4v) is 2.80. The van der Waals surface area contributed by atoms with E-state index in [4.69, 9.17) is 4.52 Å². The lowest BCUT2D eigenvalue weighted by atomic mass is 10.00. The number of rotatable bonds is 5. The minimum atomic E-state index is 0.110. The summed E-state index contributed by atoms with van der Waals surface area (Å²) < 4.78 is 5.49. The van der Waals surface area contributed by atoms with E-state index < -0.39 is 0 Å². The predicted molar refractivity (Wildman–Crippen MR) is 81.4 cm³/mol. The standard InChI is InChI=1S/C16H29N3O/c1-5-14-8-6-7-9-19(14)12-15-10-13(18-20-15)11-17-16(2,3)4/h10,14,17H,5-9,11-12H2,1-4H3. The van der Waals surface area contributed by atoms with E-state index in [1.165, 1.54) is 32.2 Å². The summed E-state index contributed by atoms with van der Waals surface area (Å²) in [5, 5.41) is 7.61. The van der Waals surface area contributed by atoms with Crippen molar-refractivity contribution in [2.75, 3.05) is 6.54 Å². The van der Waals surface area contributed by atoms with Crippen molar-refractivity contribution >= 4 is 0 Å². The van der Waals surface area contributed by atoms with Crippen molar-refractivity contribution in [3.05, 3.63) is 17.5 Å². The number of likely N-dealkylation sites (tertiary alicyclic amines) is 1. The number of nitrogens with zero attached hydrogens (tertiary/aromatic N) is 2. The zero-order chi connectivity index (χ0) is 14.6. The van der Waals surface area contributed by atoms with Crippen LogP contribution in [0.2, 0.25) is 0 Å². The molecule has 4 nitrogen and oxygen atoms in total. The van der Waals surface area contributed by atoms with Crippen LogP contribution in [-0.2, 0) is 13.1 Å². The number of nitrogens with one attached hydrogen (secondary N) is 1. The summed E-state index contributed by atoms with van der Waals surface area (Å²) in [6.07, 6.45) is 5.23. The second kappa shape index (κ2) is 6.72. The molecule has 1 saturated heterocycles. The molecule has 0 saturated carbocycles. The fourth-order valence-electron chi connectivity index (χ4n) is 2.80. The quantitative estimate of drug-likeness (QED) is 0.897. The molecule has 1 atom stereocenters. The van der Waals surface area contributed by atoms with Gasteiger partial charge in [-0.15, -0.1) is 0 Å². The first-order valence-corrected chi connectivity index (χ1v) is 7.91. The van der Waals surface area contributed by atoms with Crippen molar-refractivity contribution in [2.45, 2.75) is 78.0 Å². The zero-order valence-corrected chi connectivity index (χ0v) is 13.4. The van der Waals surface area contributed by atoms with Gasteiger partial charge in [0.25, 0.3) is 0 Å². The van der Waals surface area contributed by atoms with Crippen LogP contribution in [0.5, 0.6) is 0 Å². The molecule has 1 unspecified atom stereocenters. The van der Waals surface area contributed by atoms with Crippen LogP contribution in [0.4, 0.5) is 0 Å². The average molecular weight is 279 g/mol. The van der Waals surface area contributed by atoms with Gasteiger partial charge in [0.05, 0.1) is 12.2 Å². The highest BCUT2D eigenvalue weighted by atomic mass is 16.5. The largest absolute Gasteiger partial charge is 0.360 e. The number of hydrogen-bond acceptors (Lipinski definition) is 4. The Bertz CT molecular complexity index is 408. The van der Waals surface area contributed by atoms with Gasteiger partial charge in [0.15, 0.2) is 5.76 Å². The van der Waals surface area contributed by atoms with Gasteiger partial charge in [0.1, 0.15) is 0 Å². The first-order valence-electron chi connectivity index (χ1n) is 7.91. The number of hydrogen-bond donors (Lipinski definition) is 1. The van der Waals surface area contributed by atoms with Crippen LogP contribution in [-0.4, -0.2) is 28.2 Å². The van der Waals surface area contributed by atoms with Crippen LogP contribution in [0.3, 0.4) is 0 Å². The monoisotopic (exact) mass is 279 g/mol. The van der Waals surface area contributed by atoms with Crippen LogP contribution in [0.15, 0.2) is 10.6 Å². The van der Waals surface area contributed by atoms with E-state index in [1.807, 2.05) is 0 Å². The summed E-state index contributed by atoms with van der Waals surface area (Å²) in [5.41, 5.74) is 1.11. The Balaban J connectivity index is 1.88. The molecule has 2 heterocycles. The van der Waals surface area contributed by atoms with Crippen LogP contribution in [0, 0.1) is 0 Å². The molecule has 1 aromatic heterocycles. The molecule has 1 fully saturated rings. The third-order valence-electron chi connectivity index (χ3n) is 3.99. The van der Waals surface area contributed by atoms with Gasteiger partial charge in [-0.1, -0.05) is 18.5 Å². The van der Waals surface area contributed by atoms with E-state index in [1.54, 1.807) is 0 Å². The first kappa shape index (κ1) is 15.5. The normalized spacial score (nSPS) is 21.3. The number of piperidine rings is 1. The molecule has 4 heteroatoms. The third-order valence-corrected chi connectivity index (χ3v) is 3.99. The van der Waals surface area contributed by atoms with Crippen molar-refractivity contribution in [2.24, 2.45) is 0 Å². The lowest BCUT2D eigenvalue weighted by Crippen LogP contribution is -2.38. The topological polar surface area (TPSA) is 41.3 Å². The van der Waals surface area contributed by atoms with Crippen LogP contribution >= 0.6 is 0 Å². The Hall–Kier alpha value is -0.870. The van der Waals surface area contributed by atoms with Gasteiger partial charge < -0.3 is 9.84 Å². The third kappa shape index (κ3) is 4.60. The number of aromatic nitrogens is 1. The Labute approximate surface area is 122 Å². The molecule has 0 aromatic carbocycles. The van der Waals surface area contributed by atoms with E-state index in [9.17, 15) is 0 Å². The van der Waals surface area contributed by atoms with Crippen molar-refractivity contribution in [1.82, 2.24) is 15.4 Å². The average Bonchev–Trinajstić information content (AvgIpc) is 2.84. The Morgan fingerprint density at radius 1 is 1.40 bits per heavy atom. The van der Waals surface area contributed by atoms with Crippen molar-refractivity contribution < 1.29 is 4.52 Å². The highest BCUT2D eigenvalue weighted by Gasteiger charge is 2.22. The molecule has 114 valence electrons. The van der Waals surface area contributed by atoms with Gasteiger partial charge in [-0.3, -0.25) is 4.90 Å². The molecule has 0 radical (unpaired) electrons. The van der Waals surface area contributed by atoms with Crippen LogP contribution in [0.25, 0.3) is 0 Å². The van der Waals surface area contributed by atoms with E-state index >= 15 is 0 Å². The lowest BCUT2D eigenvalue weighted by Gasteiger charge is -2.34. The molecule has 2 rings (SSSR count). The zero-order valence-electron chi connectivity index (χ0n) is 13.4. The maximum Gasteiger partial charge on any atom is 0.151 e. The second-order valence-electron chi connectivity index (χ2n) is 6.92. The SMILES string of the molecule is CCC1CCCCN1Cc1cc(CNC(C)(C)C)no1. The van der Waals surface area contributed by atoms with E-state index in [0.717, 1.165) is 24.5 Å². The lowest BCUT2D eigenvalue weighted by molar-refractivity contribution is 0.122. The maximum absolute atomic E-state index is 5.49. The van der Waals surface area contributed by atoms with Gasteiger partial charge in [0, 0.05) is 24.2 Å².